The summed E-state index contributed by atoms with van der Waals surface area (Å²) < 4.78 is 16.3. The third-order valence-electron chi connectivity index (χ3n) is 2.82. The maximum absolute atomic E-state index is 11.4. The summed E-state index contributed by atoms with van der Waals surface area (Å²) >= 11 is 4.79. The second-order valence-corrected chi connectivity index (χ2v) is 6.28. The van der Waals surface area contributed by atoms with Crippen molar-refractivity contribution in [1.29, 1.82) is 0 Å². The van der Waals surface area contributed by atoms with Crippen molar-refractivity contribution in [1.82, 2.24) is 4.98 Å². The summed E-state index contributed by atoms with van der Waals surface area (Å²) in [6.45, 7) is 1.84. The molecule has 1 aromatic carbocycles. The number of anilines is 2. The van der Waals surface area contributed by atoms with E-state index in [-0.39, 0.29) is 6.61 Å². The molecule has 0 aliphatic carbocycles. The number of carbonyl (C=O) groups is 1. The van der Waals surface area contributed by atoms with Crippen LogP contribution in [-0.4, -0.2) is 37.5 Å². The van der Waals surface area contributed by atoms with Gasteiger partial charge in [0.15, 0.2) is 18.1 Å². The molecule has 0 aliphatic rings. The van der Waals surface area contributed by atoms with Crippen LogP contribution in [0, 0.1) is 0 Å². The zero-order valence-electron chi connectivity index (χ0n) is 13.6. The Morgan fingerprint density at radius 2 is 2.28 bits per heavy atom. The van der Waals surface area contributed by atoms with Crippen molar-refractivity contribution >= 4 is 50.4 Å². The van der Waals surface area contributed by atoms with Crippen LogP contribution in [0.2, 0.25) is 0 Å². The smallest absolute Gasteiger partial charge is 0.344 e. The molecule has 2 aromatic rings. The number of rotatable bonds is 8. The van der Waals surface area contributed by atoms with Crippen LogP contribution in [0.25, 0.3) is 0 Å². The standard InChI is InChI=1S/C15H17BrN4O4S/c1-3-23-14(21)7-24-12-5-10(16)9(4-11(12)22-2)6-18-20-15-19-13(17)8-25-15/h4-6,8H,3,7,17H2,1-2H3,(H,19,20). The summed E-state index contributed by atoms with van der Waals surface area (Å²) in [6, 6.07) is 3.42. The number of halogens is 1. The number of carbonyl (C=O) groups excluding carboxylic acids is 1. The molecule has 0 fully saturated rings. The molecule has 0 atom stereocenters. The van der Waals surface area contributed by atoms with E-state index in [9.17, 15) is 4.79 Å². The second-order valence-electron chi connectivity index (χ2n) is 4.57. The summed E-state index contributed by atoms with van der Waals surface area (Å²) in [5.74, 6) is 0.875. The predicted molar refractivity (Wildman–Crippen MR) is 101 cm³/mol. The normalized spacial score (nSPS) is 10.7. The number of benzene rings is 1. The third-order valence-corrected chi connectivity index (χ3v) is 4.27. The number of ether oxygens (including phenoxy) is 3. The van der Waals surface area contributed by atoms with Gasteiger partial charge in [0.25, 0.3) is 0 Å². The summed E-state index contributed by atoms with van der Waals surface area (Å²) in [6.07, 6.45) is 1.60. The number of nitrogens with one attached hydrogen (secondary N) is 1. The highest BCUT2D eigenvalue weighted by molar-refractivity contribution is 9.10. The molecule has 0 radical (unpaired) electrons. The summed E-state index contributed by atoms with van der Waals surface area (Å²) in [5, 5.41) is 6.41. The molecule has 1 heterocycles. The maximum Gasteiger partial charge on any atom is 0.344 e. The number of thiazole rings is 1. The first-order valence-electron chi connectivity index (χ1n) is 7.19. The van der Waals surface area contributed by atoms with Gasteiger partial charge in [0.1, 0.15) is 5.82 Å². The van der Waals surface area contributed by atoms with Gasteiger partial charge in [-0.25, -0.2) is 9.78 Å². The molecule has 0 spiro atoms. The monoisotopic (exact) mass is 428 g/mol. The van der Waals surface area contributed by atoms with Gasteiger partial charge in [-0.3, -0.25) is 5.43 Å². The van der Waals surface area contributed by atoms with Gasteiger partial charge in [-0.05, 0) is 35.0 Å². The number of esters is 1. The van der Waals surface area contributed by atoms with E-state index < -0.39 is 5.97 Å². The van der Waals surface area contributed by atoms with E-state index in [2.05, 4.69) is 31.4 Å². The molecule has 0 unspecified atom stereocenters. The predicted octanol–water partition coefficient (Wildman–Crippen LogP) is 2.88. The number of hydrogen-bond donors (Lipinski definition) is 2. The molecule has 0 saturated carbocycles. The van der Waals surface area contributed by atoms with Crippen LogP contribution in [0.1, 0.15) is 12.5 Å². The Hall–Kier alpha value is -2.33. The number of hydrogen-bond acceptors (Lipinski definition) is 9. The first-order chi connectivity index (χ1) is 12.0. The second kappa shape index (κ2) is 9.23. The van der Waals surface area contributed by atoms with Crippen molar-refractivity contribution in [3.63, 3.8) is 0 Å². The zero-order valence-corrected chi connectivity index (χ0v) is 16.0. The van der Waals surface area contributed by atoms with Crippen LogP contribution in [0.15, 0.2) is 27.1 Å². The number of methoxy groups -OCH3 is 1. The summed E-state index contributed by atoms with van der Waals surface area (Å²) in [5.41, 5.74) is 9.08. The Bertz CT molecular complexity index is 766. The Labute approximate surface area is 157 Å². The summed E-state index contributed by atoms with van der Waals surface area (Å²) in [7, 11) is 1.51. The first-order valence-corrected chi connectivity index (χ1v) is 8.86. The van der Waals surface area contributed by atoms with E-state index in [1.54, 1.807) is 30.7 Å². The number of aromatic nitrogens is 1. The summed E-state index contributed by atoms with van der Waals surface area (Å²) in [4.78, 5) is 15.4. The average Bonchev–Trinajstić information content (AvgIpc) is 3.00. The number of hydrazone groups is 1. The van der Waals surface area contributed by atoms with Crippen molar-refractivity contribution in [2.75, 3.05) is 31.5 Å². The molecule has 0 bridgehead atoms. The molecule has 1 aromatic heterocycles. The van der Waals surface area contributed by atoms with E-state index in [0.29, 0.717) is 29.1 Å². The molecule has 0 amide bonds. The number of nitrogen functional groups attached to an aromatic ring is 1. The van der Waals surface area contributed by atoms with E-state index in [1.165, 1.54) is 18.4 Å². The van der Waals surface area contributed by atoms with Crippen LogP contribution >= 0.6 is 27.3 Å². The van der Waals surface area contributed by atoms with Crippen LogP contribution < -0.4 is 20.6 Å². The molecule has 8 nitrogen and oxygen atoms in total. The minimum atomic E-state index is -0.446. The van der Waals surface area contributed by atoms with Gasteiger partial charge in [-0.1, -0.05) is 0 Å². The van der Waals surface area contributed by atoms with E-state index in [0.717, 1.165) is 10.0 Å². The van der Waals surface area contributed by atoms with Gasteiger partial charge in [0.05, 0.1) is 19.9 Å². The Morgan fingerprint density at radius 3 is 2.92 bits per heavy atom. The molecule has 0 saturated heterocycles. The van der Waals surface area contributed by atoms with Gasteiger partial charge >= 0.3 is 5.97 Å². The van der Waals surface area contributed by atoms with Crippen LogP contribution in [-0.2, 0) is 9.53 Å². The Balaban J connectivity index is 2.08. The van der Waals surface area contributed by atoms with Crippen molar-refractivity contribution in [2.24, 2.45) is 5.10 Å². The Kier molecular flexibility index (Phi) is 7.02. The van der Waals surface area contributed by atoms with Crippen molar-refractivity contribution in [3.8, 4) is 11.5 Å². The average molecular weight is 429 g/mol. The molecule has 2 rings (SSSR count). The highest BCUT2D eigenvalue weighted by atomic mass is 79.9. The molecule has 3 N–H and O–H groups in total. The fraction of sp³-hybridized carbons (Fsp3) is 0.267. The van der Waals surface area contributed by atoms with Gasteiger partial charge < -0.3 is 19.9 Å². The van der Waals surface area contributed by atoms with Crippen molar-refractivity contribution in [2.45, 2.75) is 6.92 Å². The minimum absolute atomic E-state index is 0.197. The largest absolute Gasteiger partial charge is 0.493 e. The molecular weight excluding hydrogens is 412 g/mol. The molecule has 25 heavy (non-hydrogen) atoms. The van der Waals surface area contributed by atoms with Gasteiger partial charge in [-0.15, -0.1) is 11.3 Å². The van der Waals surface area contributed by atoms with Crippen LogP contribution in [0.4, 0.5) is 10.9 Å². The zero-order chi connectivity index (χ0) is 18.2. The van der Waals surface area contributed by atoms with Crippen LogP contribution in [0.3, 0.4) is 0 Å². The quantitative estimate of drug-likeness (QED) is 0.377. The lowest BCUT2D eigenvalue weighted by Gasteiger charge is -2.12. The molecule has 10 heteroatoms. The lowest BCUT2D eigenvalue weighted by atomic mass is 10.2. The van der Waals surface area contributed by atoms with E-state index in [1.807, 2.05) is 0 Å². The van der Waals surface area contributed by atoms with E-state index >= 15 is 0 Å². The minimum Gasteiger partial charge on any atom is -0.493 e. The lowest BCUT2D eigenvalue weighted by molar-refractivity contribution is -0.145. The van der Waals surface area contributed by atoms with E-state index in [4.69, 9.17) is 19.9 Å². The van der Waals surface area contributed by atoms with Gasteiger partial charge in [0.2, 0.25) is 5.13 Å². The fourth-order valence-corrected chi connectivity index (χ4v) is 2.73. The fourth-order valence-electron chi connectivity index (χ4n) is 1.76. The highest BCUT2D eigenvalue weighted by Crippen LogP contribution is 2.33. The molecule has 134 valence electrons. The lowest BCUT2D eigenvalue weighted by Crippen LogP contribution is -2.15. The highest BCUT2D eigenvalue weighted by Gasteiger charge is 2.12. The number of nitrogens with two attached hydrogens (primary N) is 1. The van der Waals surface area contributed by atoms with Crippen LogP contribution in [0.5, 0.6) is 11.5 Å². The van der Waals surface area contributed by atoms with Crippen molar-refractivity contribution in [3.05, 3.63) is 27.5 Å². The molecule has 0 aliphatic heterocycles. The van der Waals surface area contributed by atoms with Gasteiger partial charge in [0, 0.05) is 15.4 Å². The van der Waals surface area contributed by atoms with Crippen molar-refractivity contribution < 1.29 is 19.0 Å². The maximum atomic E-state index is 11.4. The SMILES string of the molecule is CCOC(=O)COc1cc(Br)c(C=NNc2nc(N)cs2)cc1OC. The topological polar surface area (TPSA) is 108 Å². The molecular formula is C15H17BrN4O4S. The van der Waals surface area contributed by atoms with Gasteiger partial charge in [-0.2, -0.15) is 5.10 Å². The number of nitrogens with zero attached hydrogens (tertiary/aromatic N) is 2. The Morgan fingerprint density at radius 1 is 1.48 bits per heavy atom. The first kappa shape index (κ1) is 19.0. The third kappa shape index (κ3) is 5.61.